The lowest BCUT2D eigenvalue weighted by molar-refractivity contribution is -0.138. The van der Waals surface area contributed by atoms with Crippen LogP contribution in [0, 0.1) is 11.8 Å². The second kappa shape index (κ2) is 6.36. The number of aromatic nitrogens is 2. The topological polar surface area (TPSA) is 49.0 Å². The quantitative estimate of drug-likeness (QED) is 0.838. The van der Waals surface area contributed by atoms with Gasteiger partial charge in [0.05, 0.1) is 5.56 Å². The number of aromatic amines is 1. The average molecular weight is 389 g/mol. The molecule has 1 N–H and O–H groups in total. The first-order valence-corrected chi connectivity index (χ1v) is 9.93. The molecule has 1 aliphatic heterocycles. The molecular weight excluding hydrogens is 367 g/mol. The average Bonchev–Trinajstić information content (AvgIpc) is 3.39. The highest BCUT2D eigenvalue weighted by Gasteiger charge is 2.45. The fraction of sp³-hybridized carbons (Fsp3) is 0.524. The number of nitrogens with zero attached hydrogens (tertiary/aromatic N) is 2. The number of likely N-dealkylation sites (tertiary alicyclic amines) is 1. The van der Waals surface area contributed by atoms with E-state index in [-0.39, 0.29) is 23.7 Å². The number of benzene rings is 1. The van der Waals surface area contributed by atoms with E-state index in [1.165, 1.54) is 12.1 Å². The number of amides is 1. The molecule has 148 valence electrons. The van der Waals surface area contributed by atoms with E-state index in [9.17, 15) is 18.0 Å². The molecule has 0 unspecified atom stereocenters. The highest BCUT2D eigenvalue weighted by atomic mass is 19.4. The Morgan fingerprint density at radius 1 is 1.11 bits per heavy atom. The molecule has 7 heteroatoms. The maximum Gasteiger partial charge on any atom is 0.416 e. The van der Waals surface area contributed by atoms with Crippen molar-refractivity contribution in [2.45, 2.75) is 44.2 Å². The molecule has 2 aliphatic carbocycles. The van der Waals surface area contributed by atoms with E-state index in [1.807, 2.05) is 4.90 Å². The molecule has 1 saturated carbocycles. The van der Waals surface area contributed by atoms with Gasteiger partial charge in [0.1, 0.15) is 0 Å². The third-order valence-corrected chi connectivity index (χ3v) is 6.75. The molecule has 3 atom stereocenters. The summed E-state index contributed by atoms with van der Waals surface area (Å²) in [4.78, 5) is 14.8. The van der Waals surface area contributed by atoms with Crippen LogP contribution in [0.2, 0.25) is 0 Å². The highest BCUT2D eigenvalue weighted by molar-refractivity contribution is 5.94. The second-order valence-corrected chi connectivity index (χ2v) is 8.37. The summed E-state index contributed by atoms with van der Waals surface area (Å²) >= 11 is 0. The Hall–Kier alpha value is -2.31. The molecule has 28 heavy (non-hydrogen) atoms. The first-order valence-electron chi connectivity index (χ1n) is 9.93. The lowest BCUT2D eigenvalue weighted by Crippen LogP contribution is -2.31. The number of hydrogen-bond acceptors (Lipinski definition) is 2. The highest BCUT2D eigenvalue weighted by Crippen LogP contribution is 2.49. The SMILES string of the molecule is O=C(c1n[nH]c2c1CCC2)N1C[C@H]2C[C@@H](c3ccccc3C(F)(F)F)C[C@H]2C1. The Labute approximate surface area is 161 Å². The number of carbonyl (C=O) groups is 1. The molecule has 2 heterocycles. The molecule has 1 saturated heterocycles. The maximum absolute atomic E-state index is 13.4. The van der Waals surface area contributed by atoms with E-state index < -0.39 is 11.7 Å². The third-order valence-electron chi connectivity index (χ3n) is 6.75. The van der Waals surface area contributed by atoms with Crippen LogP contribution in [-0.2, 0) is 19.0 Å². The van der Waals surface area contributed by atoms with Crippen molar-refractivity contribution in [2.75, 3.05) is 13.1 Å². The van der Waals surface area contributed by atoms with Crippen molar-refractivity contribution >= 4 is 5.91 Å². The predicted molar refractivity (Wildman–Crippen MR) is 96.9 cm³/mol. The van der Waals surface area contributed by atoms with E-state index in [0.29, 0.717) is 37.2 Å². The minimum absolute atomic E-state index is 0.0268. The Bertz CT molecular complexity index is 906. The number of H-pyrrole nitrogens is 1. The van der Waals surface area contributed by atoms with Crippen LogP contribution in [0.5, 0.6) is 0 Å². The van der Waals surface area contributed by atoms with Gasteiger partial charge in [0.15, 0.2) is 5.69 Å². The van der Waals surface area contributed by atoms with Crippen LogP contribution in [0.4, 0.5) is 13.2 Å². The molecule has 5 rings (SSSR count). The van der Waals surface area contributed by atoms with Crippen molar-refractivity contribution in [1.29, 1.82) is 0 Å². The molecule has 1 aromatic heterocycles. The molecule has 2 fully saturated rings. The van der Waals surface area contributed by atoms with Crippen molar-refractivity contribution in [3.05, 3.63) is 52.3 Å². The minimum atomic E-state index is -4.32. The Kier molecular flexibility index (Phi) is 4.03. The Morgan fingerprint density at radius 3 is 2.54 bits per heavy atom. The first-order chi connectivity index (χ1) is 13.4. The number of hydrogen-bond donors (Lipinski definition) is 1. The van der Waals surface area contributed by atoms with Gasteiger partial charge in [0.2, 0.25) is 0 Å². The number of halogens is 3. The predicted octanol–water partition coefficient (Wildman–Crippen LogP) is 4.18. The van der Waals surface area contributed by atoms with Gasteiger partial charge in [-0.1, -0.05) is 18.2 Å². The zero-order valence-electron chi connectivity index (χ0n) is 15.4. The molecule has 0 bridgehead atoms. The summed E-state index contributed by atoms with van der Waals surface area (Å²) in [6.45, 7) is 1.24. The van der Waals surface area contributed by atoms with Crippen LogP contribution in [0.15, 0.2) is 24.3 Å². The zero-order chi connectivity index (χ0) is 19.5. The lowest BCUT2D eigenvalue weighted by atomic mass is 9.91. The van der Waals surface area contributed by atoms with Crippen molar-refractivity contribution in [3.8, 4) is 0 Å². The van der Waals surface area contributed by atoms with E-state index >= 15 is 0 Å². The molecule has 3 aliphatic rings. The molecule has 4 nitrogen and oxygen atoms in total. The number of rotatable bonds is 2. The van der Waals surface area contributed by atoms with Gasteiger partial charge in [0.25, 0.3) is 5.91 Å². The summed E-state index contributed by atoms with van der Waals surface area (Å²) in [5, 5.41) is 7.22. The maximum atomic E-state index is 13.4. The van der Waals surface area contributed by atoms with Crippen LogP contribution in [0.1, 0.15) is 58.1 Å². The summed E-state index contributed by atoms with van der Waals surface area (Å²) in [6.07, 6.45) is -0.0162. The van der Waals surface area contributed by atoms with Crippen molar-refractivity contribution in [1.82, 2.24) is 15.1 Å². The minimum Gasteiger partial charge on any atom is -0.337 e. The van der Waals surface area contributed by atoms with Crippen molar-refractivity contribution in [2.24, 2.45) is 11.8 Å². The standard InChI is InChI=1S/C21H22F3N3O/c22-21(23,24)17-6-2-1-4-15(17)12-8-13-10-27(11-14(13)9-12)20(28)19-16-5-3-7-18(16)25-26-19/h1-2,4,6,12-14H,3,5,7-11H2,(H,25,26)/t12-,13-,14+. The normalized spacial score (nSPS) is 26.5. The van der Waals surface area contributed by atoms with E-state index in [2.05, 4.69) is 10.2 Å². The van der Waals surface area contributed by atoms with Crippen molar-refractivity contribution in [3.63, 3.8) is 0 Å². The van der Waals surface area contributed by atoms with Crippen LogP contribution >= 0.6 is 0 Å². The molecule has 2 aromatic rings. The van der Waals surface area contributed by atoms with Gasteiger partial charge in [-0.25, -0.2) is 0 Å². The number of fused-ring (bicyclic) bond motifs is 2. The smallest absolute Gasteiger partial charge is 0.337 e. The monoisotopic (exact) mass is 389 g/mol. The fourth-order valence-electron chi connectivity index (χ4n) is 5.48. The summed E-state index contributed by atoms with van der Waals surface area (Å²) in [5.74, 6) is 0.421. The number of nitrogens with one attached hydrogen (secondary N) is 1. The number of aryl methyl sites for hydroxylation is 1. The van der Waals surface area contributed by atoms with E-state index in [1.54, 1.807) is 12.1 Å². The lowest BCUT2D eigenvalue weighted by Gasteiger charge is -2.21. The Balaban J connectivity index is 1.30. The third kappa shape index (κ3) is 2.83. The molecule has 0 radical (unpaired) electrons. The first kappa shape index (κ1) is 17.8. The summed E-state index contributed by atoms with van der Waals surface area (Å²) in [7, 11) is 0. The number of alkyl halides is 3. The fourth-order valence-corrected chi connectivity index (χ4v) is 5.48. The molecular formula is C21H22F3N3O. The summed E-state index contributed by atoms with van der Waals surface area (Å²) in [6, 6.07) is 5.93. The molecule has 1 aromatic carbocycles. The van der Waals surface area contributed by atoms with Crippen LogP contribution in [0.25, 0.3) is 0 Å². The van der Waals surface area contributed by atoms with Crippen LogP contribution in [-0.4, -0.2) is 34.1 Å². The van der Waals surface area contributed by atoms with E-state index in [4.69, 9.17) is 0 Å². The second-order valence-electron chi connectivity index (χ2n) is 8.37. The van der Waals surface area contributed by atoms with Gasteiger partial charge in [0, 0.05) is 24.3 Å². The van der Waals surface area contributed by atoms with Gasteiger partial charge in [-0.3, -0.25) is 9.89 Å². The number of carbonyl (C=O) groups excluding carboxylic acids is 1. The summed E-state index contributed by atoms with van der Waals surface area (Å²) < 4.78 is 40.1. The van der Waals surface area contributed by atoms with Gasteiger partial charge < -0.3 is 4.90 Å². The van der Waals surface area contributed by atoms with E-state index in [0.717, 1.165) is 30.5 Å². The van der Waals surface area contributed by atoms with Crippen LogP contribution in [0.3, 0.4) is 0 Å². The van der Waals surface area contributed by atoms with Gasteiger partial charge >= 0.3 is 6.18 Å². The van der Waals surface area contributed by atoms with Crippen molar-refractivity contribution < 1.29 is 18.0 Å². The molecule has 0 spiro atoms. The van der Waals surface area contributed by atoms with Gasteiger partial charge in [-0.15, -0.1) is 0 Å². The van der Waals surface area contributed by atoms with Gasteiger partial charge in [-0.05, 0) is 61.5 Å². The van der Waals surface area contributed by atoms with Gasteiger partial charge in [-0.2, -0.15) is 18.3 Å². The zero-order valence-corrected chi connectivity index (χ0v) is 15.4. The Morgan fingerprint density at radius 2 is 1.82 bits per heavy atom. The molecule has 1 amide bonds. The summed E-state index contributed by atoms with van der Waals surface area (Å²) in [5.41, 5.74) is 2.57. The van der Waals surface area contributed by atoms with Crippen LogP contribution < -0.4 is 0 Å². The largest absolute Gasteiger partial charge is 0.416 e.